The molecule has 314 valence electrons. The van der Waals surface area contributed by atoms with Gasteiger partial charge in [0.2, 0.25) is 5.91 Å². The molecule has 1 heterocycles. The maximum absolute atomic E-state index is 12.8. The van der Waals surface area contributed by atoms with E-state index >= 15 is 0 Å². The summed E-state index contributed by atoms with van der Waals surface area (Å²) in [6, 6.07) is 14.9. The molecule has 18 nitrogen and oxygen atoms in total. The summed E-state index contributed by atoms with van der Waals surface area (Å²) in [7, 11) is 0. The Kier molecular flexibility index (Phi) is 23.1. The lowest BCUT2D eigenvalue weighted by atomic mass is 10.0. The average Bonchev–Trinajstić information content (AvgIpc) is 3.21. The normalized spacial score (nSPS) is 19.3. The van der Waals surface area contributed by atoms with Crippen molar-refractivity contribution in [2.24, 2.45) is 5.73 Å². The first-order chi connectivity index (χ1) is 27.2. The molecule has 0 spiro atoms. The van der Waals surface area contributed by atoms with E-state index in [1.54, 1.807) is 19.1 Å². The van der Waals surface area contributed by atoms with Crippen LogP contribution in [-0.4, -0.2) is 169 Å². The number of nitrogens with one attached hydrogen (secondary N) is 3. The number of hydrogen-bond donors (Lipinski definition) is 7. The zero-order valence-corrected chi connectivity index (χ0v) is 31.9. The molecule has 3 amide bonds. The third kappa shape index (κ3) is 18.0. The van der Waals surface area contributed by atoms with E-state index in [1.807, 2.05) is 36.4 Å². The monoisotopic (exact) mass is 794 g/mol. The van der Waals surface area contributed by atoms with Crippen LogP contribution in [0.3, 0.4) is 0 Å². The number of nitrogens with two attached hydrogens (primary N) is 1. The van der Waals surface area contributed by atoms with E-state index in [4.69, 9.17) is 43.6 Å². The Morgan fingerprint density at radius 1 is 0.661 bits per heavy atom. The number of carbonyl (C=O) groups excluding carboxylic acids is 3. The highest BCUT2D eigenvalue weighted by Gasteiger charge is 2.42. The van der Waals surface area contributed by atoms with Crippen molar-refractivity contribution in [3.05, 3.63) is 54.1 Å². The van der Waals surface area contributed by atoms with E-state index in [1.165, 1.54) is 0 Å². The standard InChI is InChI=1S/C38H58N4O14/c1-27-34(45)35(46)36(47)38(56-27)54-24-23-51-15-12-40-32(43)9-14-49-17-19-52-21-22-53-20-18-50-16-13-41-33(44)26-55-31-8-7-29(28-5-3-2-4-6-28)25-30(31)37(48)42-11-10-39/h2-8,25,27,34-36,38,45-47H,9-24,26,39H2,1H3,(H,40,43)(H,41,44)(H,42,48)/t27-,34-,35+,36+,38+/m0/s1. The molecule has 0 bridgehead atoms. The summed E-state index contributed by atoms with van der Waals surface area (Å²) in [5.41, 5.74) is 7.63. The molecule has 2 aromatic rings. The largest absolute Gasteiger partial charge is 0.483 e. The number of hydrogen-bond acceptors (Lipinski definition) is 15. The van der Waals surface area contributed by atoms with Gasteiger partial charge in [0.1, 0.15) is 24.1 Å². The number of rotatable bonds is 29. The molecule has 1 fully saturated rings. The summed E-state index contributed by atoms with van der Waals surface area (Å²) in [5.74, 6) is -0.590. The highest BCUT2D eigenvalue weighted by atomic mass is 16.7. The molecule has 18 heteroatoms. The molecule has 56 heavy (non-hydrogen) atoms. The van der Waals surface area contributed by atoms with Gasteiger partial charge in [-0.1, -0.05) is 36.4 Å². The summed E-state index contributed by atoms with van der Waals surface area (Å²) in [4.78, 5) is 37.0. The minimum atomic E-state index is -1.37. The molecular formula is C38H58N4O14. The molecule has 2 aromatic carbocycles. The van der Waals surface area contributed by atoms with Crippen LogP contribution in [0.1, 0.15) is 23.7 Å². The van der Waals surface area contributed by atoms with Gasteiger partial charge in [-0.15, -0.1) is 0 Å². The Hall–Kier alpha value is -3.79. The number of ether oxygens (including phenoxy) is 8. The second-order valence-electron chi connectivity index (χ2n) is 12.5. The minimum absolute atomic E-state index is 0.0958. The molecule has 1 aliphatic heterocycles. The Morgan fingerprint density at radius 2 is 1.25 bits per heavy atom. The Labute approximate surface area is 327 Å². The van der Waals surface area contributed by atoms with E-state index in [0.29, 0.717) is 64.8 Å². The lowest BCUT2D eigenvalue weighted by molar-refractivity contribution is -0.294. The van der Waals surface area contributed by atoms with Gasteiger partial charge in [0, 0.05) is 32.6 Å². The molecule has 0 unspecified atom stereocenters. The molecular weight excluding hydrogens is 736 g/mol. The van der Waals surface area contributed by atoms with Crippen LogP contribution < -0.4 is 26.4 Å². The van der Waals surface area contributed by atoms with E-state index in [9.17, 15) is 29.7 Å². The zero-order chi connectivity index (χ0) is 40.4. The Morgan fingerprint density at radius 3 is 1.89 bits per heavy atom. The van der Waals surface area contributed by atoms with Gasteiger partial charge in [-0.2, -0.15) is 0 Å². The number of amides is 3. The van der Waals surface area contributed by atoms with Crippen LogP contribution >= 0.6 is 0 Å². The van der Waals surface area contributed by atoms with Gasteiger partial charge in [0.15, 0.2) is 12.9 Å². The third-order valence-corrected chi connectivity index (χ3v) is 8.16. The van der Waals surface area contributed by atoms with Gasteiger partial charge in [-0.3, -0.25) is 14.4 Å². The fourth-order valence-electron chi connectivity index (χ4n) is 5.14. The van der Waals surface area contributed by atoms with Gasteiger partial charge in [-0.05, 0) is 30.2 Å². The van der Waals surface area contributed by atoms with Gasteiger partial charge >= 0.3 is 0 Å². The predicted molar refractivity (Wildman–Crippen MR) is 202 cm³/mol. The molecule has 0 aromatic heterocycles. The summed E-state index contributed by atoms with van der Waals surface area (Å²) >= 11 is 0. The number of carbonyl (C=O) groups is 3. The second kappa shape index (κ2) is 27.7. The van der Waals surface area contributed by atoms with Crippen LogP contribution in [0.5, 0.6) is 5.75 Å². The average molecular weight is 795 g/mol. The predicted octanol–water partition coefficient (Wildman–Crippen LogP) is -1.03. The first-order valence-electron chi connectivity index (χ1n) is 18.7. The van der Waals surface area contributed by atoms with Crippen molar-refractivity contribution in [2.75, 3.05) is 105 Å². The third-order valence-electron chi connectivity index (χ3n) is 8.16. The van der Waals surface area contributed by atoms with Crippen LogP contribution in [-0.2, 0) is 42.7 Å². The first kappa shape index (κ1) is 46.6. The molecule has 0 saturated carbocycles. The second-order valence-corrected chi connectivity index (χ2v) is 12.5. The quantitative estimate of drug-likeness (QED) is 0.0487. The van der Waals surface area contributed by atoms with Crippen LogP contribution in [0, 0.1) is 0 Å². The summed E-state index contributed by atoms with van der Waals surface area (Å²) in [6.07, 6.45) is -5.48. The molecule has 1 saturated heterocycles. The van der Waals surface area contributed by atoms with Crippen molar-refractivity contribution >= 4 is 17.7 Å². The minimum Gasteiger partial charge on any atom is -0.483 e. The smallest absolute Gasteiger partial charge is 0.258 e. The summed E-state index contributed by atoms with van der Waals surface area (Å²) in [6.45, 7) is 5.66. The number of aliphatic hydroxyl groups is 3. The van der Waals surface area contributed by atoms with Crippen molar-refractivity contribution in [3.63, 3.8) is 0 Å². The lowest BCUT2D eigenvalue weighted by Gasteiger charge is -2.38. The van der Waals surface area contributed by atoms with E-state index in [2.05, 4.69) is 16.0 Å². The van der Waals surface area contributed by atoms with Gasteiger partial charge in [0.25, 0.3) is 11.8 Å². The Bertz CT molecular complexity index is 1410. The SMILES string of the molecule is C[C@@H]1O[C@@H](OCCOCCNC(=O)CCOCCOCCOCCOCCNC(=O)COc2ccc(-c3ccccc3)cc2C(=O)NCCN)[C@H](O)[C@H](O)[C@H]1O. The topological polar surface area (TPSA) is 248 Å². The van der Waals surface area contributed by atoms with Crippen LogP contribution in [0.15, 0.2) is 48.5 Å². The fraction of sp³-hybridized carbons (Fsp3) is 0.605. The summed E-state index contributed by atoms with van der Waals surface area (Å²) in [5, 5.41) is 37.6. The van der Waals surface area contributed by atoms with Crippen molar-refractivity contribution in [3.8, 4) is 16.9 Å². The highest BCUT2D eigenvalue weighted by molar-refractivity contribution is 5.98. The van der Waals surface area contributed by atoms with Crippen molar-refractivity contribution in [1.82, 2.24) is 16.0 Å². The first-order valence-corrected chi connectivity index (χ1v) is 18.7. The summed E-state index contributed by atoms with van der Waals surface area (Å²) < 4.78 is 43.6. The van der Waals surface area contributed by atoms with E-state index in [0.717, 1.165) is 11.1 Å². The molecule has 3 rings (SSSR count). The van der Waals surface area contributed by atoms with E-state index in [-0.39, 0.29) is 76.1 Å². The van der Waals surface area contributed by atoms with Gasteiger partial charge in [0.05, 0.1) is 84.3 Å². The van der Waals surface area contributed by atoms with Crippen molar-refractivity contribution in [1.29, 1.82) is 0 Å². The van der Waals surface area contributed by atoms with Gasteiger partial charge in [-0.25, -0.2) is 0 Å². The zero-order valence-electron chi connectivity index (χ0n) is 31.9. The molecule has 0 radical (unpaired) electrons. The molecule has 5 atom stereocenters. The van der Waals surface area contributed by atoms with Crippen LogP contribution in [0.2, 0.25) is 0 Å². The molecule has 0 aliphatic carbocycles. The maximum Gasteiger partial charge on any atom is 0.258 e. The fourth-order valence-corrected chi connectivity index (χ4v) is 5.14. The molecule has 8 N–H and O–H groups in total. The van der Waals surface area contributed by atoms with Crippen molar-refractivity contribution in [2.45, 2.75) is 44.1 Å². The molecule has 1 aliphatic rings. The van der Waals surface area contributed by atoms with Crippen molar-refractivity contribution < 1.29 is 67.6 Å². The number of benzene rings is 2. The van der Waals surface area contributed by atoms with Gasteiger partial charge < -0.3 is 74.9 Å². The van der Waals surface area contributed by atoms with Crippen LogP contribution in [0.4, 0.5) is 0 Å². The van der Waals surface area contributed by atoms with E-state index < -0.39 is 30.7 Å². The van der Waals surface area contributed by atoms with Crippen LogP contribution in [0.25, 0.3) is 11.1 Å². The lowest BCUT2D eigenvalue weighted by Crippen LogP contribution is -2.57. The Balaban J connectivity index is 1.09. The number of aliphatic hydroxyl groups excluding tert-OH is 3. The maximum atomic E-state index is 12.8. The highest BCUT2D eigenvalue weighted by Crippen LogP contribution is 2.27.